The Kier molecular flexibility index (Phi) is 9.25. The Morgan fingerprint density at radius 1 is 0.452 bits per heavy atom. The monoisotopic (exact) mass is 793 g/mol. The van der Waals surface area contributed by atoms with Crippen LogP contribution >= 0.6 is 0 Å². The maximum absolute atomic E-state index is 9.59. The molecule has 0 spiro atoms. The van der Waals surface area contributed by atoms with Crippen molar-refractivity contribution in [3.05, 3.63) is 246 Å². The number of para-hydroxylation sites is 2. The van der Waals surface area contributed by atoms with Crippen LogP contribution < -0.4 is 5.32 Å². The second-order valence-electron chi connectivity index (χ2n) is 15.5. The molecular formula is C57H39N5. The van der Waals surface area contributed by atoms with E-state index in [0.29, 0.717) is 11.5 Å². The lowest BCUT2D eigenvalue weighted by Crippen LogP contribution is -2.20. The zero-order valence-corrected chi connectivity index (χ0v) is 33.7. The standard InChI is InChI=1S/C57H39N5/c58-55(40-22-9-3-10-23-40)54(39-20-7-2-8-21-39)56-46-29-14-13-24-41(46)36-49(59-56)42-25-17-26-44(34-42)57-60-50(38-18-5-1-6-19-38)37-51(61-57)43-32-33-53-48(35-43)47-30-15-16-31-52(47)62(53)45-27-11-4-12-28-45/h1-37,58-59H/b56-54-,58-55?. The normalized spacial score (nSPS) is 13.0. The zero-order valence-electron chi connectivity index (χ0n) is 33.7. The van der Waals surface area contributed by atoms with Gasteiger partial charge < -0.3 is 9.88 Å². The maximum atomic E-state index is 9.59. The minimum atomic E-state index is 0.450. The molecule has 0 bridgehead atoms. The molecule has 5 heteroatoms. The molecule has 292 valence electrons. The van der Waals surface area contributed by atoms with Crippen LogP contribution in [0.15, 0.2) is 218 Å². The second kappa shape index (κ2) is 15.6. The Bertz CT molecular complexity index is 3370. The van der Waals surface area contributed by atoms with E-state index in [1.165, 1.54) is 10.8 Å². The lowest BCUT2D eigenvalue weighted by Gasteiger charge is -2.26. The van der Waals surface area contributed by atoms with E-state index in [2.05, 4.69) is 168 Å². The van der Waals surface area contributed by atoms with Crippen LogP contribution in [0.2, 0.25) is 0 Å². The number of nitrogens with zero attached hydrogens (tertiary/aromatic N) is 3. The molecule has 3 heterocycles. The van der Waals surface area contributed by atoms with Crippen molar-refractivity contribution in [2.24, 2.45) is 0 Å². The van der Waals surface area contributed by atoms with Gasteiger partial charge in [0.05, 0.1) is 33.8 Å². The van der Waals surface area contributed by atoms with E-state index >= 15 is 0 Å². The summed E-state index contributed by atoms with van der Waals surface area (Å²) in [6.45, 7) is 0. The van der Waals surface area contributed by atoms with Crippen LogP contribution in [0.25, 0.3) is 84.4 Å². The largest absolute Gasteiger partial charge is 0.354 e. The van der Waals surface area contributed by atoms with Gasteiger partial charge in [0.2, 0.25) is 0 Å². The summed E-state index contributed by atoms with van der Waals surface area (Å²) in [6, 6.07) is 75.3. The fourth-order valence-electron chi connectivity index (χ4n) is 8.66. The molecule has 1 aliphatic rings. The van der Waals surface area contributed by atoms with Crippen LogP contribution in [-0.4, -0.2) is 20.2 Å². The number of hydrogen-bond acceptors (Lipinski definition) is 4. The summed E-state index contributed by atoms with van der Waals surface area (Å²) in [6.07, 6.45) is 2.19. The first-order chi connectivity index (χ1) is 30.7. The van der Waals surface area contributed by atoms with E-state index in [0.717, 1.165) is 89.6 Å². The molecule has 5 nitrogen and oxygen atoms in total. The highest BCUT2D eigenvalue weighted by molar-refractivity contribution is 6.36. The molecule has 0 saturated heterocycles. The van der Waals surface area contributed by atoms with Gasteiger partial charge in [-0.05, 0) is 65.2 Å². The van der Waals surface area contributed by atoms with Crippen LogP contribution in [0.5, 0.6) is 0 Å². The van der Waals surface area contributed by atoms with Gasteiger partial charge in [-0.15, -0.1) is 0 Å². The van der Waals surface area contributed by atoms with Crippen LogP contribution in [-0.2, 0) is 0 Å². The van der Waals surface area contributed by atoms with Crippen LogP contribution in [0.1, 0.15) is 27.8 Å². The Labute approximate surface area is 360 Å². The number of aromatic nitrogens is 3. The highest BCUT2D eigenvalue weighted by atomic mass is 15.0. The molecular weight excluding hydrogens is 755 g/mol. The molecule has 11 rings (SSSR count). The molecule has 62 heavy (non-hydrogen) atoms. The van der Waals surface area contributed by atoms with Crippen molar-refractivity contribution in [1.29, 1.82) is 5.41 Å². The third-order valence-corrected chi connectivity index (χ3v) is 11.6. The Balaban J connectivity index is 1.05. The summed E-state index contributed by atoms with van der Waals surface area (Å²) < 4.78 is 2.33. The first-order valence-electron chi connectivity index (χ1n) is 20.8. The van der Waals surface area contributed by atoms with Crippen molar-refractivity contribution in [3.8, 4) is 39.6 Å². The van der Waals surface area contributed by atoms with Crippen molar-refractivity contribution >= 4 is 50.6 Å². The SMILES string of the molecule is N=C(/C(=C1\NC(c2cccc(-c3nc(-c4ccccc4)cc(-c4ccc5c(c4)c4ccccc4n5-c4ccccc4)n3)c2)=Cc2ccccc21)c1ccccc1)c1ccccc1. The van der Waals surface area contributed by atoms with E-state index in [4.69, 9.17) is 9.97 Å². The van der Waals surface area contributed by atoms with Gasteiger partial charge in [-0.1, -0.05) is 176 Å². The van der Waals surface area contributed by atoms with E-state index < -0.39 is 0 Å². The van der Waals surface area contributed by atoms with Gasteiger partial charge in [0, 0.05) is 55.5 Å². The van der Waals surface area contributed by atoms with Crippen molar-refractivity contribution in [2.75, 3.05) is 0 Å². The summed E-state index contributed by atoms with van der Waals surface area (Å²) in [5.41, 5.74) is 16.1. The Morgan fingerprint density at radius 3 is 1.82 bits per heavy atom. The lowest BCUT2D eigenvalue weighted by molar-refractivity contribution is 1.17. The molecule has 8 aromatic carbocycles. The van der Waals surface area contributed by atoms with E-state index in [-0.39, 0.29) is 0 Å². The number of rotatable bonds is 8. The molecule has 0 aliphatic carbocycles. The Morgan fingerprint density at radius 2 is 1.05 bits per heavy atom. The molecule has 0 amide bonds. The number of nitrogens with one attached hydrogen (secondary N) is 2. The molecule has 0 saturated carbocycles. The molecule has 1 aliphatic heterocycles. The van der Waals surface area contributed by atoms with Gasteiger partial charge in [0.15, 0.2) is 5.82 Å². The summed E-state index contributed by atoms with van der Waals surface area (Å²) in [5, 5.41) is 15.8. The molecule has 0 radical (unpaired) electrons. The van der Waals surface area contributed by atoms with E-state index in [1.54, 1.807) is 0 Å². The number of fused-ring (bicyclic) bond motifs is 4. The molecule has 10 aromatic rings. The quantitative estimate of drug-likeness (QED) is 0.151. The van der Waals surface area contributed by atoms with Crippen molar-refractivity contribution in [3.63, 3.8) is 0 Å². The fraction of sp³-hybridized carbons (Fsp3) is 0. The summed E-state index contributed by atoms with van der Waals surface area (Å²) in [4.78, 5) is 10.5. The van der Waals surface area contributed by atoms with Gasteiger partial charge >= 0.3 is 0 Å². The molecule has 2 N–H and O–H groups in total. The predicted molar refractivity (Wildman–Crippen MR) is 257 cm³/mol. The van der Waals surface area contributed by atoms with Crippen molar-refractivity contribution in [1.82, 2.24) is 19.9 Å². The minimum absolute atomic E-state index is 0.450. The third kappa shape index (κ3) is 6.68. The van der Waals surface area contributed by atoms with E-state index in [1.807, 2.05) is 66.7 Å². The lowest BCUT2D eigenvalue weighted by atomic mass is 9.88. The molecule has 0 atom stereocenters. The topological polar surface area (TPSA) is 66.6 Å². The molecule has 0 unspecified atom stereocenters. The first-order valence-corrected chi connectivity index (χ1v) is 20.8. The third-order valence-electron chi connectivity index (χ3n) is 11.6. The van der Waals surface area contributed by atoms with Crippen LogP contribution in [0.3, 0.4) is 0 Å². The molecule has 0 fully saturated rings. The average molecular weight is 794 g/mol. The van der Waals surface area contributed by atoms with Crippen molar-refractivity contribution < 1.29 is 0 Å². The maximum Gasteiger partial charge on any atom is 0.160 e. The zero-order chi connectivity index (χ0) is 41.4. The summed E-state index contributed by atoms with van der Waals surface area (Å²) in [5.74, 6) is 0.637. The van der Waals surface area contributed by atoms with Gasteiger partial charge in [-0.2, -0.15) is 0 Å². The van der Waals surface area contributed by atoms with Gasteiger partial charge in [0.25, 0.3) is 0 Å². The van der Waals surface area contributed by atoms with Gasteiger partial charge in [-0.3, -0.25) is 5.41 Å². The fourth-order valence-corrected chi connectivity index (χ4v) is 8.66. The average Bonchev–Trinajstić information content (AvgIpc) is 3.69. The highest BCUT2D eigenvalue weighted by Gasteiger charge is 2.24. The summed E-state index contributed by atoms with van der Waals surface area (Å²) >= 11 is 0. The summed E-state index contributed by atoms with van der Waals surface area (Å²) in [7, 11) is 0. The highest BCUT2D eigenvalue weighted by Crippen LogP contribution is 2.39. The number of benzene rings is 8. The Hall–Kier alpha value is -8.41. The minimum Gasteiger partial charge on any atom is -0.354 e. The first kappa shape index (κ1) is 36.7. The van der Waals surface area contributed by atoms with E-state index in [9.17, 15) is 5.41 Å². The van der Waals surface area contributed by atoms with Crippen LogP contribution in [0, 0.1) is 5.41 Å². The van der Waals surface area contributed by atoms with Gasteiger partial charge in [-0.25, -0.2) is 9.97 Å². The molecule has 2 aromatic heterocycles. The number of allylic oxidation sites excluding steroid dienone is 1. The van der Waals surface area contributed by atoms with Crippen molar-refractivity contribution in [2.45, 2.75) is 0 Å². The predicted octanol–water partition coefficient (Wildman–Crippen LogP) is 13.6. The second-order valence-corrected chi connectivity index (χ2v) is 15.5. The number of hydrogen-bond donors (Lipinski definition) is 2. The van der Waals surface area contributed by atoms with Crippen LogP contribution in [0.4, 0.5) is 0 Å². The smallest absolute Gasteiger partial charge is 0.160 e. The van der Waals surface area contributed by atoms with Gasteiger partial charge in [0.1, 0.15) is 0 Å².